The van der Waals surface area contributed by atoms with Crippen LogP contribution in [0.15, 0.2) is 60.8 Å². The monoisotopic (exact) mass is 333 g/mol. The fourth-order valence-electron chi connectivity index (χ4n) is 3.18. The third-order valence-electron chi connectivity index (χ3n) is 4.27. The van der Waals surface area contributed by atoms with E-state index in [0.29, 0.717) is 0 Å². The van der Waals surface area contributed by atoms with Crippen LogP contribution in [-0.2, 0) is 0 Å². The van der Waals surface area contributed by atoms with Crippen LogP contribution in [0.25, 0.3) is 31.4 Å². The van der Waals surface area contributed by atoms with Gasteiger partial charge < -0.3 is 0 Å². The molecule has 0 unspecified atom stereocenters. The first-order chi connectivity index (χ1) is 11.1. The average molecular weight is 334 g/mol. The van der Waals surface area contributed by atoms with Crippen LogP contribution in [0.5, 0.6) is 0 Å². The van der Waals surface area contributed by atoms with E-state index in [-0.39, 0.29) is 0 Å². The van der Waals surface area contributed by atoms with E-state index in [9.17, 15) is 0 Å². The Hall–Kier alpha value is -1.97. The molecule has 0 aliphatic heterocycles. The average Bonchev–Trinajstić information content (AvgIpc) is 2.93. The number of pyridine rings is 1. The van der Waals surface area contributed by atoms with Gasteiger partial charge in [-0.05, 0) is 18.2 Å². The van der Waals surface area contributed by atoms with Gasteiger partial charge in [-0.1, -0.05) is 61.2 Å². The molecule has 2 aromatic carbocycles. The van der Waals surface area contributed by atoms with Crippen molar-refractivity contribution in [2.75, 3.05) is 0 Å². The summed E-state index contributed by atoms with van der Waals surface area (Å²) < 4.78 is 2.75. The van der Waals surface area contributed by atoms with Crippen molar-refractivity contribution in [3.63, 3.8) is 0 Å². The molecule has 0 saturated carbocycles. The topological polar surface area (TPSA) is 12.9 Å². The standard InChI is InChI=1S/C20H19NSSi/c1-23(2,3)18-12-11-14(16-9-6-7-13-21-16)20-19(18)15-8-4-5-10-17(15)22-20/h4-13H,1-3H3. The lowest BCUT2D eigenvalue weighted by Crippen LogP contribution is -2.37. The van der Waals surface area contributed by atoms with Crippen molar-refractivity contribution in [1.82, 2.24) is 4.98 Å². The SMILES string of the molecule is C[Si](C)(C)c1ccc(-c2ccccn2)c2sc3ccccc3c12. The van der Waals surface area contributed by atoms with Crippen LogP contribution in [0.1, 0.15) is 0 Å². The lowest BCUT2D eigenvalue weighted by Gasteiger charge is -2.19. The number of benzene rings is 2. The van der Waals surface area contributed by atoms with E-state index in [4.69, 9.17) is 0 Å². The molecule has 23 heavy (non-hydrogen) atoms. The molecule has 0 bridgehead atoms. The minimum atomic E-state index is -1.42. The van der Waals surface area contributed by atoms with Gasteiger partial charge in [0.15, 0.2) is 0 Å². The van der Waals surface area contributed by atoms with Crippen LogP contribution in [0.4, 0.5) is 0 Å². The summed E-state index contributed by atoms with van der Waals surface area (Å²) in [5.74, 6) is 0. The molecule has 0 saturated heterocycles. The van der Waals surface area contributed by atoms with E-state index >= 15 is 0 Å². The molecule has 0 fully saturated rings. The molecule has 2 aromatic heterocycles. The zero-order valence-corrected chi connectivity index (χ0v) is 15.4. The predicted molar refractivity (Wildman–Crippen MR) is 106 cm³/mol. The van der Waals surface area contributed by atoms with Gasteiger partial charge >= 0.3 is 0 Å². The Balaban J connectivity index is 2.16. The molecule has 2 heterocycles. The number of fused-ring (bicyclic) bond motifs is 3. The van der Waals surface area contributed by atoms with E-state index in [2.05, 4.69) is 73.2 Å². The summed E-state index contributed by atoms with van der Waals surface area (Å²) in [6, 6.07) is 19.5. The van der Waals surface area contributed by atoms with Gasteiger partial charge in [0, 0.05) is 31.9 Å². The zero-order chi connectivity index (χ0) is 16.0. The lowest BCUT2D eigenvalue weighted by molar-refractivity contribution is 1.33. The largest absolute Gasteiger partial charge is 0.256 e. The highest BCUT2D eigenvalue weighted by Gasteiger charge is 2.23. The van der Waals surface area contributed by atoms with E-state index in [1.165, 1.54) is 25.7 Å². The van der Waals surface area contributed by atoms with Gasteiger partial charge in [-0.3, -0.25) is 4.98 Å². The second kappa shape index (κ2) is 5.29. The third kappa shape index (κ3) is 2.40. The number of hydrogen-bond donors (Lipinski definition) is 0. The highest BCUT2D eigenvalue weighted by atomic mass is 32.1. The summed E-state index contributed by atoms with van der Waals surface area (Å²) in [7, 11) is -1.42. The highest BCUT2D eigenvalue weighted by molar-refractivity contribution is 7.26. The van der Waals surface area contributed by atoms with Crippen LogP contribution >= 0.6 is 11.3 Å². The Morgan fingerprint density at radius 3 is 2.39 bits per heavy atom. The minimum absolute atomic E-state index is 1.06. The smallest absolute Gasteiger partial charge is 0.0784 e. The molecule has 0 aliphatic rings. The maximum absolute atomic E-state index is 4.58. The molecule has 0 radical (unpaired) electrons. The number of hydrogen-bond acceptors (Lipinski definition) is 2. The van der Waals surface area contributed by atoms with Gasteiger partial charge in [-0.25, -0.2) is 0 Å². The molecule has 3 heteroatoms. The maximum Gasteiger partial charge on any atom is 0.0784 e. The van der Waals surface area contributed by atoms with Crippen LogP contribution in [-0.4, -0.2) is 13.1 Å². The predicted octanol–water partition coefficient (Wildman–Crippen LogP) is 5.66. The fourth-order valence-corrected chi connectivity index (χ4v) is 6.11. The first kappa shape index (κ1) is 14.6. The summed E-state index contributed by atoms with van der Waals surface area (Å²) in [4.78, 5) is 4.58. The first-order valence-electron chi connectivity index (χ1n) is 7.92. The summed E-state index contributed by atoms with van der Waals surface area (Å²) in [5.41, 5.74) is 2.31. The molecule has 4 aromatic rings. The first-order valence-corrected chi connectivity index (χ1v) is 12.2. The number of nitrogens with zero attached hydrogens (tertiary/aromatic N) is 1. The number of thiophene rings is 1. The second-order valence-electron chi connectivity index (χ2n) is 6.93. The van der Waals surface area contributed by atoms with Crippen molar-refractivity contribution in [3.05, 3.63) is 60.8 Å². The Labute approximate surface area is 141 Å². The normalized spacial score (nSPS) is 12.1. The molecule has 4 rings (SSSR count). The number of aromatic nitrogens is 1. The molecule has 0 spiro atoms. The van der Waals surface area contributed by atoms with Crippen molar-refractivity contribution in [3.8, 4) is 11.3 Å². The van der Waals surface area contributed by atoms with Gasteiger partial charge in [-0.15, -0.1) is 11.3 Å². The van der Waals surface area contributed by atoms with Crippen molar-refractivity contribution >= 4 is 44.8 Å². The van der Waals surface area contributed by atoms with Gasteiger partial charge in [-0.2, -0.15) is 0 Å². The molecule has 0 atom stereocenters. The van der Waals surface area contributed by atoms with E-state index in [1.54, 1.807) is 5.19 Å². The van der Waals surface area contributed by atoms with Crippen molar-refractivity contribution < 1.29 is 0 Å². The Morgan fingerprint density at radius 2 is 1.65 bits per heavy atom. The Morgan fingerprint density at radius 1 is 0.870 bits per heavy atom. The molecule has 0 amide bonds. The van der Waals surface area contributed by atoms with E-state index < -0.39 is 8.07 Å². The molecule has 0 N–H and O–H groups in total. The van der Waals surface area contributed by atoms with Gasteiger partial charge in [0.05, 0.1) is 13.8 Å². The van der Waals surface area contributed by atoms with Gasteiger partial charge in [0.1, 0.15) is 0 Å². The Bertz CT molecular complexity index is 997. The number of rotatable bonds is 2. The molecule has 1 nitrogen and oxygen atoms in total. The highest BCUT2D eigenvalue weighted by Crippen LogP contribution is 2.39. The van der Waals surface area contributed by atoms with Crippen molar-refractivity contribution in [2.45, 2.75) is 19.6 Å². The lowest BCUT2D eigenvalue weighted by atomic mass is 10.1. The van der Waals surface area contributed by atoms with Crippen LogP contribution in [0.2, 0.25) is 19.6 Å². The van der Waals surface area contributed by atoms with Crippen LogP contribution in [0.3, 0.4) is 0 Å². The van der Waals surface area contributed by atoms with Crippen molar-refractivity contribution in [1.29, 1.82) is 0 Å². The summed E-state index contributed by atoms with van der Waals surface area (Å²) >= 11 is 1.90. The minimum Gasteiger partial charge on any atom is -0.256 e. The molecular weight excluding hydrogens is 314 g/mol. The summed E-state index contributed by atoms with van der Waals surface area (Å²) in [6.45, 7) is 7.28. The summed E-state index contributed by atoms with van der Waals surface area (Å²) in [6.07, 6.45) is 1.88. The third-order valence-corrected chi connectivity index (χ3v) is 7.51. The van der Waals surface area contributed by atoms with E-state index in [1.807, 2.05) is 23.6 Å². The van der Waals surface area contributed by atoms with Gasteiger partial charge in [0.2, 0.25) is 0 Å². The van der Waals surface area contributed by atoms with Crippen LogP contribution < -0.4 is 5.19 Å². The van der Waals surface area contributed by atoms with Crippen LogP contribution in [0, 0.1) is 0 Å². The van der Waals surface area contributed by atoms with Crippen molar-refractivity contribution in [2.24, 2.45) is 0 Å². The molecule has 0 aliphatic carbocycles. The summed E-state index contributed by atoms with van der Waals surface area (Å²) in [5, 5.41) is 4.39. The maximum atomic E-state index is 4.58. The second-order valence-corrected chi connectivity index (χ2v) is 13.0. The Kier molecular flexibility index (Phi) is 3.36. The molecule has 114 valence electrons. The van der Waals surface area contributed by atoms with Gasteiger partial charge in [0.25, 0.3) is 0 Å². The van der Waals surface area contributed by atoms with E-state index in [0.717, 1.165) is 5.69 Å². The quantitative estimate of drug-likeness (QED) is 0.431. The zero-order valence-electron chi connectivity index (χ0n) is 13.6. The molecular formula is C20H19NSSi. The fraction of sp³-hybridized carbons (Fsp3) is 0.150.